The van der Waals surface area contributed by atoms with E-state index in [1.165, 1.54) is 17.2 Å². The number of rotatable bonds is 7. The van der Waals surface area contributed by atoms with E-state index in [9.17, 15) is 14.4 Å². The molecule has 10 heteroatoms. The van der Waals surface area contributed by atoms with Crippen LogP contribution < -0.4 is 9.80 Å². The molecule has 188 valence electrons. The molecular weight excluding hydrogens is 500 g/mol. The van der Waals surface area contributed by atoms with Crippen molar-refractivity contribution in [2.75, 3.05) is 49.6 Å². The Hall–Kier alpha value is -3.01. The van der Waals surface area contributed by atoms with Crippen LogP contribution in [0.2, 0.25) is 5.02 Å². The average molecular weight is 527 g/mol. The minimum Gasteiger partial charge on any atom is -0.469 e. The first-order chi connectivity index (χ1) is 17.4. The molecule has 0 unspecified atom stereocenters. The van der Waals surface area contributed by atoms with Crippen LogP contribution in [0.3, 0.4) is 0 Å². The largest absolute Gasteiger partial charge is 0.469 e. The molecule has 1 saturated heterocycles. The summed E-state index contributed by atoms with van der Waals surface area (Å²) in [4.78, 5) is 42.4. The van der Waals surface area contributed by atoms with Gasteiger partial charge in [-0.15, -0.1) is 0 Å². The number of carbonyl (C=O) groups is 3. The third-order valence-electron chi connectivity index (χ3n) is 6.83. The van der Waals surface area contributed by atoms with Crippen molar-refractivity contribution >= 4 is 62.5 Å². The number of halogens is 1. The zero-order valence-electron chi connectivity index (χ0n) is 20.0. The van der Waals surface area contributed by atoms with Crippen molar-refractivity contribution in [3.63, 3.8) is 0 Å². The Balaban J connectivity index is 1.19. The molecule has 36 heavy (non-hydrogen) atoms. The molecule has 0 atom stereocenters. The lowest BCUT2D eigenvalue weighted by molar-refractivity contribution is -0.142. The number of amides is 2. The first-order valence-corrected chi connectivity index (χ1v) is 13.2. The first kappa shape index (κ1) is 24.7. The van der Waals surface area contributed by atoms with Gasteiger partial charge in [-0.25, -0.2) is 4.90 Å². The molecule has 1 aromatic heterocycles. The second kappa shape index (κ2) is 10.5. The van der Waals surface area contributed by atoms with Crippen LogP contribution in [0, 0.1) is 0 Å². The van der Waals surface area contributed by atoms with Crippen molar-refractivity contribution in [1.82, 2.24) is 9.27 Å². The number of esters is 1. The van der Waals surface area contributed by atoms with Crippen LogP contribution in [0.25, 0.3) is 10.1 Å². The van der Waals surface area contributed by atoms with Gasteiger partial charge in [0.15, 0.2) is 0 Å². The molecule has 2 aliphatic rings. The van der Waals surface area contributed by atoms with E-state index in [1.54, 1.807) is 17.6 Å². The minimum atomic E-state index is -0.482. The summed E-state index contributed by atoms with van der Waals surface area (Å²) in [5.41, 5.74) is 2.29. The molecule has 1 fully saturated rings. The minimum absolute atomic E-state index is 0.0633. The van der Waals surface area contributed by atoms with Crippen LogP contribution in [0.1, 0.15) is 24.0 Å². The lowest BCUT2D eigenvalue weighted by Gasteiger charge is -2.35. The number of hydrogen-bond donors (Lipinski definition) is 0. The highest BCUT2D eigenvalue weighted by Gasteiger charge is 2.33. The normalized spacial score (nSPS) is 16.0. The SMILES string of the molecule is COC(=O)CCC(=O)N1C(=O)Cc2cc(CCN3CCN(c4nsc5ccccc45)CC3)c(Cl)cc21. The molecule has 2 amide bonds. The monoisotopic (exact) mass is 526 g/mol. The van der Waals surface area contributed by atoms with Gasteiger partial charge < -0.3 is 9.64 Å². The quantitative estimate of drug-likeness (QED) is 0.434. The zero-order chi connectivity index (χ0) is 25.2. The van der Waals surface area contributed by atoms with Gasteiger partial charge in [-0.3, -0.25) is 19.3 Å². The maximum Gasteiger partial charge on any atom is 0.306 e. The van der Waals surface area contributed by atoms with Crippen LogP contribution in [-0.2, 0) is 32.0 Å². The average Bonchev–Trinajstić information content (AvgIpc) is 3.46. The first-order valence-electron chi connectivity index (χ1n) is 12.0. The van der Waals surface area contributed by atoms with Gasteiger partial charge in [-0.1, -0.05) is 29.8 Å². The molecule has 3 aromatic rings. The van der Waals surface area contributed by atoms with Crippen molar-refractivity contribution in [1.29, 1.82) is 0 Å². The second-order valence-corrected chi connectivity index (χ2v) is 10.2. The van der Waals surface area contributed by atoms with Gasteiger partial charge >= 0.3 is 5.97 Å². The number of imide groups is 1. The Labute approximate surface area is 218 Å². The summed E-state index contributed by atoms with van der Waals surface area (Å²) in [5, 5.41) is 1.76. The molecule has 0 aliphatic carbocycles. The molecule has 8 nitrogen and oxygen atoms in total. The summed E-state index contributed by atoms with van der Waals surface area (Å²) >= 11 is 8.13. The van der Waals surface area contributed by atoms with E-state index in [1.807, 2.05) is 12.1 Å². The van der Waals surface area contributed by atoms with Gasteiger partial charge in [0.25, 0.3) is 0 Å². The van der Waals surface area contributed by atoms with E-state index in [0.717, 1.165) is 61.0 Å². The van der Waals surface area contributed by atoms with Crippen LogP contribution in [-0.4, -0.2) is 66.9 Å². The number of fused-ring (bicyclic) bond motifs is 2. The Kier molecular flexibility index (Phi) is 7.22. The van der Waals surface area contributed by atoms with Crippen molar-refractivity contribution in [3.8, 4) is 0 Å². The number of carbonyl (C=O) groups excluding carboxylic acids is 3. The highest BCUT2D eigenvalue weighted by Crippen LogP contribution is 2.35. The fourth-order valence-electron chi connectivity index (χ4n) is 4.84. The number of anilines is 2. The molecule has 0 bridgehead atoms. The van der Waals surface area contributed by atoms with Gasteiger partial charge in [0.2, 0.25) is 11.8 Å². The van der Waals surface area contributed by atoms with E-state index in [-0.39, 0.29) is 25.2 Å². The standard InChI is InChI=1S/C26H27ClN4O4S/c1-35-25(34)7-6-23(32)31-21-16-20(27)17(14-18(21)15-24(31)33)8-9-29-10-12-30(13-11-29)26-19-4-2-3-5-22(19)36-28-26/h2-5,14,16H,6-13,15H2,1H3. The van der Waals surface area contributed by atoms with Gasteiger partial charge in [0.05, 0.1) is 30.3 Å². The molecule has 0 N–H and O–H groups in total. The fourth-order valence-corrected chi connectivity index (χ4v) is 5.88. The maximum atomic E-state index is 12.6. The third-order valence-corrected chi connectivity index (χ3v) is 8.00. The molecular formula is C26H27ClN4O4S. The number of aromatic nitrogens is 1. The van der Waals surface area contributed by atoms with E-state index in [4.69, 9.17) is 11.6 Å². The summed E-state index contributed by atoms with van der Waals surface area (Å²) in [7, 11) is 1.27. The number of hydrogen-bond acceptors (Lipinski definition) is 8. The number of methoxy groups -OCH3 is 1. The van der Waals surface area contributed by atoms with E-state index >= 15 is 0 Å². The topological polar surface area (TPSA) is 83.0 Å². The Morgan fingerprint density at radius 1 is 1.11 bits per heavy atom. The lowest BCUT2D eigenvalue weighted by Crippen LogP contribution is -2.47. The Morgan fingerprint density at radius 2 is 1.89 bits per heavy atom. The fraction of sp³-hybridized carbons (Fsp3) is 0.385. The van der Waals surface area contributed by atoms with Crippen LogP contribution in [0.4, 0.5) is 11.5 Å². The molecule has 2 aromatic carbocycles. The molecule has 3 heterocycles. The van der Waals surface area contributed by atoms with Crippen LogP contribution in [0.15, 0.2) is 36.4 Å². The summed E-state index contributed by atoms with van der Waals surface area (Å²) in [6.45, 7) is 4.58. The molecule has 0 saturated carbocycles. The smallest absolute Gasteiger partial charge is 0.306 e. The second-order valence-electron chi connectivity index (χ2n) is 9.03. The number of benzene rings is 2. The van der Waals surface area contributed by atoms with Crippen molar-refractivity contribution in [2.24, 2.45) is 0 Å². The lowest BCUT2D eigenvalue weighted by atomic mass is 10.0. The Morgan fingerprint density at radius 3 is 2.67 bits per heavy atom. The number of ether oxygens (including phenoxy) is 1. The van der Waals surface area contributed by atoms with Crippen LogP contribution >= 0.6 is 23.1 Å². The zero-order valence-corrected chi connectivity index (χ0v) is 21.6. The predicted molar refractivity (Wildman–Crippen MR) is 141 cm³/mol. The van der Waals surface area contributed by atoms with E-state index < -0.39 is 11.9 Å². The summed E-state index contributed by atoms with van der Waals surface area (Å²) in [6.07, 6.45) is 0.770. The van der Waals surface area contributed by atoms with Gasteiger partial charge in [0.1, 0.15) is 5.82 Å². The summed E-state index contributed by atoms with van der Waals surface area (Å²) in [5.74, 6) is -0.117. The number of piperazine rings is 1. The van der Waals surface area contributed by atoms with Crippen molar-refractivity contribution in [3.05, 3.63) is 52.5 Å². The maximum absolute atomic E-state index is 12.6. The number of nitrogens with zero attached hydrogens (tertiary/aromatic N) is 4. The van der Waals surface area contributed by atoms with Gasteiger partial charge in [0, 0.05) is 49.6 Å². The van der Waals surface area contributed by atoms with Crippen LogP contribution in [0.5, 0.6) is 0 Å². The van der Waals surface area contributed by atoms with Gasteiger partial charge in [-0.05, 0) is 47.3 Å². The summed E-state index contributed by atoms with van der Waals surface area (Å²) in [6, 6.07) is 12.0. The molecule has 0 spiro atoms. The van der Waals surface area contributed by atoms with Crippen molar-refractivity contribution in [2.45, 2.75) is 25.7 Å². The predicted octanol–water partition coefficient (Wildman–Crippen LogP) is 3.68. The van der Waals surface area contributed by atoms with E-state index in [0.29, 0.717) is 10.7 Å². The molecule has 5 rings (SSSR count). The third kappa shape index (κ3) is 4.96. The Bertz CT molecular complexity index is 1320. The van der Waals surface area contributed by atoms with Gasteiger partial charge in [-0.2, -0.15) is 4.37 Å². The molecule has 2 aliphatic heterocycles. The highest BCUT2D eigenvalue weighted by atomic mass is 35.5. The molecule has 0 radical (unpaired) electrons. The summed E-state index contributed by atoms with van der Waals surface area (Å²) < 4.78 is 10.5. The van der Waals surface area contributed by atoms with Crippen molar-refractivity contribution < 1.29 is 19.1 Å². The van der Waals surface area contributed by atoms with E-state index in [2.05, 4.69) is 37.1 Å². The highest BCUT2D eigenvalue weighted by molar-refractivity contribution is 7.13.